The standard InChI is InChI=1S/C22H23N3O3/c1-14-4-5-15(2)18(12-14)21-23-22(28-24-21)19-10-11-20(26)25(19)13-16-6-8-17(27-3)9-7-16/h4-9,12,19H,10-11,13H2,1-3H3. The van der Waals surface area contributed by atoms with Crippen molar-refractivity contribution in [2.45, 2.75) is 39.3 Å². The summed E-state index contributed by atoms with van der Waals surface area (Å²) in [7, 11) is 1.64. The van der Waals surface area contributed by atoms with Crippen LogP contribution in [0, 0.1) is 13.8 Å². The fourth-order valence-corrected chi connectivity index (χ4v) is 3.57. The second-order valence-corrected chi connectivity index (χ2v) is 7.20. The summed E-state index contributed by atoms with van der Waals surface area (Å²) in [6.07, 6.45) is 1.17. The van der Waals surface area contributed by atoms with Gasteiger partial charge in [0.25, 0.3) is 0 Å². The Morgan fingerprint density at radius 3 is 2.71 bits per heavy atom. The van der Waals surface area contributed by atoms with Crippen LogP contribution in [0.3, 0.4) is 0 Å². The van der Waals surface area contributed by atoms with E-state index >= 15 is 0 Å². The first-order valence-corrected chi connectivity index (χ1v) is 9.39. The molecule has 0 saturated carbocycles. The zero-order valence-electron chi connectivity index (χ0n) is 16.3. The monoisotopic (exact) mass is 377 g/mol. The van der Waals surface area contributed by atoms with E-state index < -0.39 is 0 Å². The summed E-state index contributed by atoms with van der Waals surface area (Å²) in [4.78, 5) is 18.9. The molecule has 2 aromatic carbocycles. The lowest BCUT2D eigenvalue weighted by Crippen LogP contribution is -2.27. The Balaban J connectivity index is 1.58. The summed E-state index contributed by atoms with van der Waals surface area (Å²) in [5.41, 5.74) is 4.23. The predicted octanol–water partition coefficient (Wildman–Crippen LogP) is 4.23. The van der Waals surface area contributed by atoms with E-state index in [9.17, 15) is 4.79 Å². The number of hydrogen-bond donors (Lipinski definition) is 0. The van der Waals surface area contributed by atoms with Gasteiger partial charge >= 0.3 is 0 Å². The molecule has 1 amide bonds. The van der Waals surface area contributed by atoms with Crippen molar-refractivity contribution in [1.29, 1.82) is 0 Å². The van der Waals surface area contributed by atoms with Gasteiger partial charge in [-0.05, 0) is 49.6 Å². The number of aromatic nitrogens is 2. The van der Waals surface area contributed by atoms with Crippen molar-refractivity contribution in [2.75, 3.05) is 7.11 Å². The molecule has 1 unspecified atom stereocenters. The Kier molecular flexibility index (Phi) is 4.86. The molecule has 0 aliphatic carbocycles. The summed E-state index contributed by atoms with van der Waals surface area (Å²) in [5, 5.41) is 4.18. The van der Waals surface area contributed by atoms with E-state index in [2.05, 4.69) is 28.3 Å². The van der Waals surface area contributed by atoms with Crippen LogP contribution in [-0.4, -0.2) is 28.1 Å². The molecule has 6 heteroatoms. The Bertz CT molecular complexity index is 995. The molecule has 1 aliphatic heterocycles. The van der Waals surface area contributed by atoms with Crippen LogP contribution in [0.25, 0.3) is 11.4 Å². The topological polar surface area (TPSA) is 68.5 Å². The second-order valence-electron chi connectivity index (χ2n) is 7.20. The molecule has 28 heavy (non-hydrogen) atoms. The van der Waals surface area contributed by atoms with Gasteiger partial charge in [0.1, 0.15) is 11.8 Å². The summed E-state index contributed by atoms with van der Waals surface area (Å²) in [6, 6.07) is 13.7. The summed E-state index contributed by atoms with van der Waals surface area (Å²) in [5.74, 6) is 1.96. The summed E-state index contributed by atoms with van der Waals surface area (Å²) in [6.45, 7) is 4.57. The number of ether oxygens (including phenoxy) is 1. The van der Waals surface area contributed by atoms with Gasteiger partial charge in [-0.1, -0.05) is 35.0 Å². The third-order valence-electron chi connectivity index (χ3n) is 5.20. The first-order valence-electron chi connectivity index (χ1n) is 9.39. The van der Waals surface area contributed by atoms with E-state index in [1.54, 1.807) is 7.11 Å². The van der Waals surface area contributed by atoms with Gasteiger partial charge in [-0.25, -0.2) is 0 Å². The van der Waals surface area contributed by atoms with Gasteiger partial charge in [-0.15, -0.1) is 0 Å². The Labute approximate surface area is 164 Å². The van der Waals surface area contributed by atoms with Gasteiger partial charge in [0, 0.05) is 18.5 Å². The molecule has 1 fully saturated rings. The zero-order valence-corrected chi connectivity index (χ0v) is 16.3. The van der Waals surface area contributed by atoms with Crippen LogP contribution in [0.5, 0.6) is 5.75 Å². The number of nitrogens with zero attached hydrogens (tertiary/aromatic N) is 3. The first-order chi connectivity index (χ1) is 13.5. The predicted molar refractivity (Wildman–Crippen MR) is 105 cm³/mol. The number of likely N-dealkylation sites (tertiary alicyclic amines) is 1. The zero-order chi connectivity index (χ0) is 19.7. The maximum absolute atomic E-state index is 12.5. The largest absolute Gasteiger partial charge is 0.497 e. The molecule has 3 aromatic rings. The minimum Gasteiger partial charge on any atom is -0.497 e. The van der Waals surface area contributed by atoms with Gasteiger partial charge in [0.15, 0.2) is 0 Å². The quantitative estimate of drug-likeness (QED) is 0.666. The second kappa shape index (κ2) is 7.46. The van der Waals surface area contributed by atoms with Crippen molar-refractivity contribution in [3.63, 3.8) is 0 Å². The molecule has 1 atom stereocenters. The average Bonchev–Trinajstić information content (AvgIpc) is 3.32. The molecule has 0 bridgehead atoms. The molecule has 0 spiro atoms. The van der Waals surface area contributed by atoms with Gasteiger partial charge in [0.2, 0.25) is 17.6 Å². The van der Waals surface area contributed by atoms with Crippen molar-refractivity contribution in [3.05, 3.63) is 65.0 Å². The lowest BCUT2D eigenvalue weighted by Gasteiger charge is -2.22. The fraction of sp³-hybridized carbons (Fsp3) is 0.318. The van der Waals surface area contributed by atoms with E-state index in [-0.39, 0.29) is 11.9 Å². The van der Waals surface area contributed by atoms with Gasteiger partial charge in [0.05, 0.1) is 7.11 Å². The molecule has 4 rings (SSSR count). The van der Waals surface area contributed by atoms with Gasteiger partial charge in [-0.3, -0.25) is 4.79 Å². The summed E-state index contributed by atoms with van der Waals surface area (Å²) >= 11 is 0. The van der Waals surface area contributed by atoms with Crippen molar-refractivity contribution >= 4 is 5.91 Å². The number of hydrogen-bond acceptors (Lipinski definition) is 5. The van der Waals surface area contributed by atoms with Crippen LogP contribution in [0.15, 0.2) is 47.0 Å². The number of rotatable bonds is 5. The van der Waals surface area contributed by atoms with E-state index in [0.29, 0.717) is 31.1 Å². The van der Waals surface area contributed by atoms with Gasteiger partial charge in [-0.2, -0.15) is 4.98 Å². The van der Waals surface area contributed by atoms with Crippen molar-refractivity contribution < 1.29 is 14.1 Å². The Morgan fingerprint density at radius 1 is 1.18 bits per heavy atom. The molecule has 1 aliphatic rings. The molecular formula is C22H23N3O3. The van der Waals surface area contributed by atoms with Crippen LogP contribution < -0.4 is 4.74 Å². The maximum Gasteiger partial charge on any atom is 0.249 e. The van der Waals surface area contributed by atoms with Crippen molar-refractivity contribution in [2.24, 2.45) is 0 Å². The Hall–Kier alpha value is -3.15. The third-order valence-corrected chi connectivity index (χ3v) is 5.20. The van der Waals surface area contributed by atoms with E-state index in [1.165, 1.54) is 0 Å². The number of methoxy groups -OCH3 is 1. The van der Waals surface area contributed by atoms with Gasteiger partial charge < -0.3 is 14.2 Å². The molecule has 0 N–H and O–H groups in total. The van der Waals surface area contributed by atoms with E-state index in [1.807, 2.05) is 43.0 Å². The highest BCUT2D eigenvalue weighted by Crippen LogP contribution is 2.34. The van der Waals surface area contributed by atoms with Crippen LogP contribution in [0.4, 0.5) is 0 Å². The van der Waals surface area contributed by atoms with E-state index in [0.717, 1.165) is 28.0 Å². The van der Waals surface area contributed by atoms with Crippen LogP contribution in [-0.2, 0) is 11.3 Å². The van der Waals surface area contributed by atoms with Crippen LogP contribution >= 0.6 is 0 Å². The number of aryl methyl sites for hydroxylation is 2. The molecular weight excluding hydrogens is 354 g/mol. The number of carbonyl (C=O) groups excluding carboxylic acids is 1. The normalized spacial score (nSPS) is 16.6. The Morgan fingerprint density at radius 2 is 1.96 bits per heavy atom. The lowest BCUT2D eigenvalue weighted by molar-refractivity contribution is -0.129. The first kappa shape index (κ1) is 18.2. The average molecular weight is 377 g/mol. The van der Waals surface area contributed by atoms with Crippen LogP contribution in [0.1, 0.15) is 41.5 Å². The molecule has 1 saturated heterocycles. The van der Waals surface area contributed by atoms with Crippen LogP contribution in [0.2, 0.25) is 0 Å². The number of amides is 1. The highest BCUT2D eigenvalue weighted by Gasteiger charge is 2.36. The maximum atomic E-state index is 12.5. The fourth-order valence-electron chi connectivity index (χ4n) is 3.57. The van der Waals surface area contributed by atoms with E-state index in [4.69, 9.17) is 9.26 Å². The number of carbonyl (C=O) groups is 1. The van der Waals surface area contributed by atoms with Crippen molar-refractivity contribution in [1.82, 2.24) is 15.0 Å². The third kappa shape index (κ3) is 3.50. The number of benzene rings is 2. The lowest BCUT2D eigenvalue weighted by atomic mass is 10.1. The minimum atomic E-state index is -0.194. The smallest absolute Gasteiger partial charge is 0.249 e. The molecule has 144 valence electrons. The highest BCUT2D eigenvalue weighted by atomic mass is 16.5. The molecule has 6 nitrogen and oxygen atoms in total. The SMILES string of the molecule is COc1ccc(CN2C(=O)CCC2c2nc(-c3cc(C)ccc3C)no2)cc1. The van der Waals surface area contributed by atoms with Crippen molar-refractivity contribution in [3.8, 4) is 17.1 Å². The molecule has 0 radical (unpaired) electrons. The minimum absolute atomic E-state index is 0.104. The molecule has 1 aromatic heterocycles. The summed E-state index contributed by atoms with van der Waals surface area (Å²) < 4.78 is 10.8. The molecule has 2 heterocycles. The highest BCUT2D eigenvalue weighted by molar-refractivity contribution is 5.79.